The molecule has 0 aromatic heterocycles. The summed E-state index contributed by atoms with van der Waals surface area (Å²) in [7, 11) is 0. The molecule has 0 amide bonds. The highest BCUT2D eigenvalue weighted by Gasteiger charge is 2.24. The van der Waals surface area contributed by atoms with Gasteiger partial charge in [0.05, 0.1) is 0 Å². The molecule has 1 atom stereocenters. The number of hydrogen-bond donors (Lipinski definition) is 1. The second kappa shape index (κ2) is 6.85. The third kappa shape index (κ3) is 4.04. The van der Waals surface area contributed by atoms with Gasteiger partial charge in [0.25, 0.3) is 0 Å². The number of aliphatic hydroxyl groups excluding tert-OH is 1. The fourth-order valence-corrected chi connectivity index (χ4v) is 3.50. The van der Waals surface area contributed by atoms with E-state index in [-0.39, 0.29) is 10.8 Å². The molecule has 0 fully saturated rings. The summed E-state index contributed by atoms with van der Waals surface area (Å²) in [5.41, 5.74) is 9.57. The normalized spacial score (nSPS) is 13.8. The van der Waals surface area contributed by atoms with Crippen LogP contribution in [-0.2, 0) is 10.8 Å². The van der Waals surface area contributed by atoms with E-state index in [1.807, 2.05) is 0 Å². The van der Waals surface area contributed by atoms with E-state index in [1.54, 1.807) is 0 Å². The van der Waals surface area contributed by atoms with Crippen LogP contribution in [0.5, 0.6) is 0 Å². The van der Waals surface area contributed by atoms with Gasteiger partial charge in [-0.05, 0) is 83.0 Å². The molecular weight excluding hydrogens is 316 g/mol. The van der Waals surface area contributed by atoms with Crippen molar-refractivity contribution in [2.75, 3.05) is 0 Å². The average Bonchev–Trinajstić information content (AvgIpc) is 2.51. The second-order valence-corrected chi connectivity index (χ2v) is 9.92. The van der Waals surface area contributed by atoms with Crippen LogP contribution in [0.4, 0.5) is 0 Å². The SMILES string of the molecule is Cc1cc(C)c(C)c(C(O)c2cc(C(C)(C)C)cc(C(C)(C)C)c2)c1C. The van der Waals surface area contributed by atoms with Gasteiger partial charge in [0.15, 0.2) is 0 Å². The fourth-order valence-electron chi connectivity index (χ4n) is 3.50. The summed E-state index contributed by atoms with van der Waals surface area (Å²) < 4.78 is 0. The quantitative estimate of drug-likeness (QED) is 0.646. The molecule has 1 nitrogen and oxygen atoms in total. The minimum absolute atomic E-state index is 0.0440. The summed E-state index contributed by atoms with van der Waals surface area (Å²) in [6.07, 6.45) is -0.600. The molecule has 0 saturated carbocycles. The Kier molecular flexibility index (Phi) is 5.46. The van der Waals surface area contributed by atoms with Crippen LogP contribution in [0.1, 0.15) is 92.2 Å². The van der Waals surface area contributed by atoms with Crippen molar-refractivity contribution in [3.8, 4) is 0 Å². The highest BCUT2D eigenvalue weighted by Crippen LogP contribution is 2.36. The van der Waals surface area contributed by atoms with Crippen molar-refractivity contribution < 1.29 is 5.11 Å². The summed E-state index contributed by atoms with van der Waals surface area (Å²) in [4.78, 5) is 0. The highest BCUT2D eigenvalue weighted by atomic mass is 16.3. The van der Waals surface area contributed by atoms with Gasteiger partial charge in [-0.1, -0.05) is 65.8 Å². The molecule has 0 aliphatic heterocycles. The molecular formula is C25H36O. The van der Waals surface area contributed by atoms with Crippen LogP contribution in [0, 0.1) is 27.7 Å². The smallest absolute Gasteiger partial charge is 0.105 e. The van der Waals surface area contributed by atoms with Crippen LogP contribution >= 0.6 is 0 Å². The molecule has 0 heterocycles. The Morgan fingerprint density at radius 3 is 1.38 bits per heavy atom. The van der Waals surface area contributed by atoms with Gasteiger partial charge >= 0.3 is 0 Å². The fraction of sp³-hybridized carbons (Fsp3) is 0.520. The molecule has 0 bridgehead atoms. The Hall–Kier alpha value is -1.60. The highest BCUT2D eigenvalue weighted by molar-refractivity contribution is 5.49. The molecule has 0 aliphatic rings. The minimum Gasteiger partial charge on any atom is -0.384 e. The van der Waals surface area contributed by atoms with Crippen molar-refractivity contribution in [3.05, 3.63) is 68.8 Å². The summed E-state index contributed by atoms with van der Waals surface area (Å²) in [5, 5.41) is 11.4. The standard InChI is InChI=1S/C25H36O/c1-15-11-16(2)18(4)22(17(15)3)23(26)19-12-20(24(5,6)7)14-21(13-19)25(8,9)10/h11-14,23,26H,1-10H3. The van der Waals surface area contributed by atoms with Gasteiger partial charge in [-0.3, -0.25) is 0 Å². The monoisotopic (exact) mass is 352 g/mol. The Bertz CT molecular complexity index is 755. The van der Waals surface area contributed by atoms with Gasteiger partial charge in [0.1, 0.15) is 6.10 Å². The maximum atomic E-state index is 11.4. The van der Waals surface area contributed by atoms with E-state index in [0.29, 0.717) is 0 Å². The predicted octanol–water partition coefficient (Wildman–Crippen LogP) is 6.60. The van der Waals surface area contributed by atoms with Gasteiger partial charge < -0.3 is 5.11 Å². The van der Waals surface area contributed by atoms with Crippen LogP contribution < -0.4 is 0 Å². The van der Waals surface area contributed by atoms with Crippen LogP contribution in [0.25, 0.3) is 0 Å². The van der Waals surface area contributed by atoms with Crippen LogP contribution in [0.15, 0.2) is 24.3 Å². The lowest BCUT2D eigenvalue weighted by Crippen LogP contribution is -2.18. The molecule has 0 radical (unpaired) electrons. The van der Waals surface area contributed by atoms with E-state index in [9.17, 15) is 5.11 Å². The zero-order valence-corrected chi connectivity index (χ0v) is 18.3. The molecule has 2 rings (SSSR count). The van der Waals surface area contributed by atoms with Crippen molar-refractivity contribution >= 4 is 0 Å². The zero-order chi connectivity index (χ0) is 20.0. The summed E-state index contributed by atoms with van der Waals surface area (Å²) in [6.45, 7) is 21.9. The van der Waals surface area contributed by atoms with E-state index in [2.05, 4.69) is 93.5 Å². The molecule has 26 heavy (non-hydrogen) atoms. The number of aliphatic hydroxyl groups is 1. The van der Waals surface area contributed by atoms with E-state index in [4.69, 9.17) is 0 Å². The summed E-state index contributed by atoms with van der Waals surface area (Å²) in [6, 6.07) is 8.90. The molecule has 0 spiro atoms. The molecule has 2 aromatic carbocycles. The molecule has 142 valence electrons. The first kappa shape index (κ1) is 20.7. The van der Waals surface area contributed by atoms with E-state index >= 15 is 0 Å². The molecule has 2 aromatic rings. The van der Waals surface area contributed by atoms with Crippen molar-refractivity contribution in [2.45, 2.75) is 86.2 Å². The lowest BCUT2D eigenvalue weighted by atomic mass is 9.78. The topological polar surface area (TPSA) is 20.2 Å². The lowest BCUT2D eigenvalue weighted by Gasteiger charge is -2.28. The van der Waals surface area contributed by atoms with Gasteiger partial charge in [0, 0.05) is 0 Å². The summed E-state index contributed by atoms with van der Waals surface area (Å²) >= 11 is 0. The van der Waals surface area contributed by atoms with Crippen LogP contribution in [-0.4, -0.2) is 5.11 Å². The zero-order valence-electron chi connectivity index (χ0n) is 18.3. The lowest BCUT2D eigenvalue weighted by molar-refractivity contribution is 0.218. The predicted molar refractivity (Wildman–Crippen MR) is 113 cm³/mol. The molecule has 1 heteroatoms. The largest absolute Gasteiger partial charge is 0.384 e. The second-order valence-electron chi connectivity index (χ2n) is 9.92. The number of rotatable bonds is 2. The van der Waals surface area contributed by atoms with Gasteiger partial charge in [0.2, 0.25) is 0 Å². The Morgan fingerprint density at radius 2 is 1.04 bits per heavy atom. The summed E-state index contributed by atoms with van der Waals surface area (Å²) in [5.74, 6) is 0. The van der Waals surface area contributed by atoms with Crippen LogP contribution in [0.3, 0.4) is 0 Å². The first-order valence-electron chi connectivity index (χ1n) is 9.64. The molecule has 1 unspecified atom stereocenters. The molecule has 0 aliphatic carbocycles. The Morgan fingerprint density at radius 1 is 0.654 bits per heavy atom. The van der Waals surface area contributed by atoms with Gasteiger partial charge in [-0.2, -0.15) is 0 Å². The first-order chi connectivity index (χ1) is 11.7. The third-order valence-electron chi connectivity index (χ3n) is 5.70. The van der Waals surface area contributed by atoms with Crippen molar-refractivity contribution in [1.29, 1.82) is 0 Å². The van der Waals surface area contributed by atoms with Crippen LogP contribution in [0.2, 0.25) is 0 Å². The number of benzene rings is 2. The maximum Gasteiger partial charge on any atom is 0.105 e. The van der Waals surface area contributed by atoms with E-state index in [0.717, 1.165) is 11.1 Å². The van der Waals surface area contributed by atoms with Gasteiger partial charge in [-0.25, -0.2) is 0 Å². The van der Waals surface area contributed by atoms with Gasteiger partial charge in [-0.15, -0.1) is 0 Å². The Labute approximate surface area is 160 Å². The van der Waals surface area contributed by atoms with Crippen molar-refractivity contribution in [1.82, 2.24) is 0 Å². The first-order valence-corrected chi connectivity index (χ1v) is 9.64. The van der Waals surface area contributed by atoms with E-state index < -0.39 is 6.10 Å². The number of hydrogen-bond acceptors (Lipinski definition) is 1. The maximum absolute atomic E-state index is 11.4. The third-order valence-corrected chi connectivity index (χ3v) is 5.70. The van der Waals surface area contributed by atoms with Crippen molar-refractivity contribution in [3.63, 3.8) is 0 Å². The van der Waals surface area contributed by atoms with E-state index in [1.165, 1.54) is 33.4 Å². The molecule has 0 saturated heterocycles. The minimum atomic E-state index is -0.600. The van der Waals surface area contributed by atoms with Crippen molar-refractivity contribution in [2.24, 2.45) is 0 Å². The Balaban J connectivity index is 2.73. The number of aryl methyl sites for hydroxylation is 2. The molecule has 1 N–H and O–H groups in total. The average molecular weight is 353 g/mol.